The average Bonchev–Trinajstić information content (AvgIpc) is 3.00. The lowest BCUT2D eigenvalue weighted by Crippen LogP contribution is -2.30. The number of amides is 1. The molecule has 158 valence electrons. The van der Waals surface area contributed by atoms with Crippen LogP contribution >= 0.6 is 0 Å². The van der Waals surface area contributed by atoms with Crippen LogP contribution in [0.5, 0.6) is 5.75 Å². The molecule has 3 rings (SSSR count). The maximum Gasteiger partial charge on any atom is 0.295 e. The number of hydrogen-bond donors (Lipinski definition) is 1. The molecule has 2 aromatic rings. The summed E-state index contributed by atoms with van der Waals surface area (Å²) in [6.45, 7) is 6.51. The summed E-state index contributed by atoms with van der Waals surface area (Å²) < 4.78 is 5.24. The van der Waals surface area contributed by atoms with Gasteiger partial charge in [-0.2, -0.15) is 0 Å². The largest absolute Gasteiger partial charge is 0.507 e. The van der Waals surface area contributed by atoms with Crippen molar-refractivity contribution in [3.05, 3.63) is 70.3 Å². The number of aliphatic hydroxyl groups is 1. The SMILES string of the molecule is CCCCCN1C(=O)C(=O)/C(=C(\O)c2ccc(C)c(C)c2)C1c1ccc(OC)cc1. The predicted octanol–water partition coefficient (Wildman–Crippen LogP) is 4.92. The molecule has 0 aromatic heterocycles. The molecule has 0 radical (unpaired) electrons. The summed E-state index contributed by atoms with van der Waals surface area (Å²) in [7, 11) is 1.59. The number of aliphatic hydroxyl groups excluding tert-OH is 1. The van der Waals surface area contributed by atoms with Crippen molar-refractivity contribution in [3.8, 4) is 5.75 Å². The van der Waals surface area contributed by atoms with Crippen molar-refractivity contribution in [3.63, 3.8) is 0 Å². The topological polar surface area (TPSA) is 66.8 Å². The first-order valence-corrected chi connectivity index (χ1v) is 10.4. The van der Waals surface area contributed by atoms with E-state index in [1.165, 1.54) is 0 Å². The Hall–Kier alpha value is -3.08. The van der Waals surface area contributed by atoms with Gasteiger partial charge in [0.15, 0.2) is 0 Å². The van der Waals surface area contributed by atoms with E-state index in [4.69, 9.17) is 4.74 Å². The number of ether oxygens (including phenoxy) is 1. The molecular formula is C25H29NO4. The summed E-state index contributed by atoms with van der Waals surface area (Å²) in [5.74, 6) is -0.633. The maximum absolute atomic E-state index is 13.0. The third kappa shape index (κ3) is 4.11. The molecule has 2 aromatic carbocycles. The van der Waals surface area contributed by atoms with Crippen molar-refractivity contribution < 1.29 is 19.4 Å². The average molecular weight is 408 g/mol. The molecule has 1 fully saturated rings. The van der Waals surface area contributed by atoms with Crippen LogP contribution in [0, 0.1) is 13.8 Å². The van der Waals surface area contributed by atoms with Crippen LogP contribution in [0.4, 0.5) is 0 Å². The highest BCUT2D eigenvalue weighted by Crippen LogP contribution is 2.40. The fourth-order valence-corrected chi connectivity index (χ4v) is 3.82. The van der Waals surface area contributed by atoms with E-state index in [-0.39, 0.29) is 11.3 Å². The number of methoxy groups -OCH3 is 1. The Morgan fingerprint density at radius 2 is 1.73 bits per heavy atom. The minimum absolute atomic E-state index is 0.129. The summed E-state index contributed by atoms with van der Waals surface area (Å²) in [6.07, 6.45) is 2.79. The molecular weight excluding hydrogens is 378 g/mol. The van der Waals surface area contributed by atoms with Crippen LogP contribution in [0.2, 0.25) is 0 Å². The highest BCUT2D eigenvalue weighted by Gasteiger charge is 2.45. The van der Waals surface area contributed by atoms with Crippen LogP contribution in [0.1, 0.15) is 54.5 Å². The van der Waals surface area contributed by atoms with Gasteiger partial charge in [0.25, 0.3) is 11.7 Å². The lowest BCUT2D eigenvalue weighted by Gasteiger charge is -2.25. The first-order chi connectivity index (χ1) is 14.4. The number of unbranched alkanes of at least 4 members (excludes halogenated alkanes) is 2. The zero-order chi connectivity index (χ0) is 21.8. The first-order valence-electron chi connectivity index (χ1n) is 10.4. The number of hydrogen-bond acceptors (Lipinski definition) is 4. The van der Waals surface area contributed by atoms with E-state index in [0.717, 1.165) is 36.0 Å². The lowest BCUT2D eigenvalue weighted by molar-refractivity contribution is -0.139. The molecule has 5 heteroatoms. The molecule has 0 aliphatic carbocycles. The van der Waals surface area contributed by atoms with Crippen LogP contribution in [-0.2, 0) is 9.59 Å². The lowest BCUT2D eigenvalue weighted by atomic mass is 9.94. The van der Waals surface area contributed by atoms with Crippen LogP contribution in [-0.4, -0.2) is 35.4 Å². The number of aryl methyl sites for hydroxylation is 2. The molecule has 0 saturated carbocycles. The third-order valence-corrected chi connectivity index (χ3v) is 5.75. The second-order valence-electron chi connectivity index (χ2n) is 7.77. The Kier molecular flexibility index (Phi) is 6.60. The van der Waals surface area contributed by atoms with Crippen molar-refractivity contribution in [2.24, 2.45) is 0 Å². The minimum Gasteiger partial charge on any atom is -0.507 e. The Bertz CT molecular complexity index is 975. The van der Waals surface area contributed by atoms with E-state index in [1.54, 1.807) is 30.2 Å². The standard InChI is InChI=1S/C25H29NO4/c1-5-6-7-14-26-22(18-10-12-20(30-4)13-11-18)21(24(28)25(26)29)23(27)19-9-8-16(2)17(3)15-19/h8-13,15,22,27H,5-7,14H2,1-4H3/b23-21-. The smallest absolute Gasteiger partial charge is 0.295 e. The highest BCUT2D eigenvalue weighted by molar-refractivity contribution is 6.46. The molecule has 1 unspecified atom stereocenters. The van der Waals surface area contributed by atoms with Gasteiger partial charge in [0.05, 0.1) is 18.7 Å². The van der Waals surface area contributed by atoms with Crippen molar-refractivity contribution in [2.75, 3.05) is 13.7 Å². The fourth-order valence-electron chi connectivity index (χ4n) is 3.82. The molecule has 1 aliphatic rings. The predicted molar refractivity (Wildman–Crippen MR) is 117 cm³/mol. The van der Waals surface area contributed by atoms with Gasteiger partial charge in [0.2, 0.25) is 0 Å². The van der Waals surface area contributed by atoms with E-state index in [1.807, 2.05) is 38.1 Å². The molecule has 0 bridgehead atoms. The van der Waals surface area contributed by atoms with E-state index in [2.05, 4.69) is 6.92 Å². The summed E-state index contributed by atoms with van der Waals surface area (Å²) >= 11 is 0. The quantitative estimate of drug-likeness (QED) is 0.306. The number of carbonyl (C=O) groups excluding carboxylic acids is 2. The Labute approximate surface area is 178 Å². The van der Waals surface area contributed by atoms with Gasteiger partial charge in [0, 0.05) is 12.1 Å². The minimum atomic E-state index is -0.636. The molecule has 1 atom stereocenters. The fraction of sp³-hybridized carbons (Fsp3) is 0.360. The number of likely N-dealkylation sites (tertiary alicyclic amines) is 1. The molecule has 0 spiro atoms. The van der Waals surface area contributed by atoms with Crippen molar-refractivity contribution >= 4 is 17.4 Å². The van der Waals surface area contributed by atoms with E-state index >= 15 is 0 Å². The van der Waals surface area contributed by atoms with Gasteiger partial charge in [-0.3, -0.25) is 9.59 Å². The van der Waals surface area contributed by atoms with Gasteiger partial charge < -0.3 is 14.7 Å². The van der Waals surface area contributed by atoms with E-state index < -0.39 is 17.7 Å². The highest BCUT2D eigenvalue weighted by atomic mass is 16.5. The number of ketones is 1. The Balaban J connectivity index is 2.12. The first kappa shape index (κ1) is 21.6. The van der Waals surface area contributed by atoms with Crippen LogP contribution < -0.4 is 4.74 Å². The van der Waals surface area contributed by atoms with Crippen molar-refractivity contribution in [2.45, 2.75) is 46.1 Å². The van der Waals surface area contributed by atoms with Crippen LogP contribution in [0.3, 0.4) is 0 Å². The molecule has 1 amide bonds. The third-order valence-electron chi connectivity index (χ3n) is 5.75. The molecule has 30 heavy (non-hydrogen) atoms. The summed E-state index contributed by atoms with van der Waals surface area (Å²) in [4.78, 5) is 27.5. The monoisotopic (exact) mass is 407 g/mol. The van der Waals surface area contributed by atoms with Gasteiger partial charge in [-0.15, -0.1) is 0 Å². The van der Waals surface area contributed by atoms with Gasteiger partial charge in [-0.05, 0) is 55.2 Å². The van der Waals surface area contributed by atoms with Gasteiger partial charge >= 0.3 is 0 Å². The number of carbonyl (C=O) groups is 2. The molecule has 5 nitrogen and oxygen atoms in total. The summed E-state index contributed by atoms with van der Waals surface area (Å²) in [6, 6.07) is 12.2. The van der Waals surface area contributed by atoms with Crippen molar-refractivity contribution in [1.82, 2.24) is 4.90 Å². The Morgan fingerprint density at radius 3 is 2.33 bits per heavy atom. The number of rotatable bonds is 7. The number of nitrogens with zero attached hydrogens (tertiary/aromatic N) is 1. The molecule has 1 aliphatic heterocycles. The molecule has 1 heterocycles. The van der Waals surface area contributed by atoms with Crippen LogP contribution in [0.25, 0.3) is 5.76 Å². The summed E-state index contributed by atoms with van der Waals surface area (Å²) in [5, 5.41) is 11.1. The van der Waals surface area contributed by atoms with Crippen molar-refractivity contribution in [1.29, 1.82) is 0 Å². The van der Waals surface area contributed by atoms with Gasteiger partial charge in [-0.25, -0.2) is 0 Å². The summed E-state index contributed by atoms with van der Waals surface area (Å²) in [5.41, 5.74) is 3.57. The van der Waals surface area contributed by atoms with E-state index in [9.17, 15) is 14.7 Å². The van der Waals surface area contributed by atoms with Gasteiger partial charge in [-0.1, -0.05) is 44.0 Å². The van der Waals surface area contributed by atoms with Crippen LogP contribution in [0.15, 0.2) is 48.0 Å². The maximum atomic E-state index is 13.0. The zero-order valence-electron chi connectivity index (χ0n) is 18.1. The van der Waals surface area contributed by atoms with E-state index in [0.29, 0.717) is 17.9 Å². The second kappa shape index (κ2) is 9.16. The second-order valence-corrected chi connectivity index (χ2v) is 7.77. The zero-order valence-corrected chi connectivity index (χ0v) is 18.1. The number of benzene rings is 2. The molecule has 1 N–H and O–H groups in total. The molecule has 1 saturated heterocycles. The van der Waals surface area contributed by atoms with Gasteiger partial charge in [0.1, 0.15) is 11.5 Å². The normalized spacial score (nSPS) is 18.1. The number of Topliss-reactive ketones (excluding diaryl/α,β-unsaturated/α-hetero) is 1. The Morgan fingerprint density at radius 1 is 1.03 bits per heavy atom.